The fourth-order valence-electron chi connectivity index (χ4n) is 0.0680. The van der Waals surface area contributed by atoms with E-state index in [1.807, 2.05) is 0 Å². The summed E-state index contributed by atoms with van der Waals surface area (Å²) in [6.07, 6.45) is 2.98. The third-order valence-corrected chi connectivity index (χ3v) is 1.87. The van der Waals surface area contributed by atoms with Gasteiger partial charge in [0.1, 0.15) is 0 Å². The van der Waals surface area contributed by atoms with Crippen molar-refractivity contribution in [1.29, 1.82) is 0 Å². The van der Waals surface area contributed by atoms with Crippen molar-refractivity contribution in [3.8, 4) is 0 Å². The van der Waals surface area contributed by atoms with Crippen LogP contribution in [-0.2, 0) is 0 Å². The van der Waals surface area contributed by atoms with Gasteiger partial charge in [0.15, 0.2) is 0 Å². The summed E-state index contributed by atoms with van der Waals surface area (Å²) in [6, 6.07) is 0. The van der Waals surface area contributed by atoms with Gasteiger partial charge in [0.25, 0.3) is 0 Å². The van der Waals surface area contributed by atoms with Crippen molar-refractivity contribution in [2.75, 3.05) is 0 Å². The van der Waals surface area contributed by atoms with Crippen LogP contribution in [0.5, 0.6) is 0 Å². The van der Waals surface area contributed by atoms with Gasteiger partial charge in [-0.05, 0) is 0 Å². The Morgan fingerprint density at radius 3 is 1.75 bits per heavy atom. The molecule has 0 amide bonds. The summed E-state index contributed by atoms with van der Waals surface area (Å²) in [6.45, 7) is 0. The van der Waals surface area contributed by atoms with E-state index in [9.17, 15) is 0 Å². The molecule has 1 heteroatoms. The minimum absolute atomic E-state index is 1.09. The Balaban J connectivity index is 2.17. The third kappa shape index (κ3) is 0.622. The SMILES string of the molecule is [Te]C1CC1. The predicted molar refractivity (Wildman–Crippen MR) is 18.7 cm³/mol. The normalized spacial score (nSPS) is 26.2. The summed E-state index contributed by atoms with van der Waals surface area (Å²) >= 11 is 2.22. The van der Waals surface area contributed by atoms with Crippen LogP contribution in [0.25, 0.3) is 0 Å². The summed E-state index contributed by atoms with van der Waals surface area (Å²) in [5.41, 5.74) is 0. The van der Waals surface area contributed by atoms with Crippen molar-refractivity contribution < 1.29 is 0 Å². The molecule has 0 aliphatic heterocycles. The molecule has 0 bridgehead atoms. The second-order valence-electron chi connectivity index (χ2n) is 1.20. The van der Waals surface area contributed by atoms with E-state index < -0.39 is 0 Å². The van der Waals surface area contributed by atoms with Crippen LogP contribution in [0.3, 0.4) is 0 Å². The second-order valence-corrected chi connectivity index (χ2v) is 3.10. The molecule has 0 aromatic heterocycles. The van der Waals surface area contributed by atoms with Crippen molar-refractivity contribution in [1.82, 2.24) is 0 Å². The maximum absolute atomic E-state index is 2.22. The van der Waals surface area contributed by atoms with Crippen LogP contribution < -0.4 is 0 Å². The predicted octanol–water partition coefficient (Wildman–Crippen LogP) is 0.737. The van der Waals surface area contributed by atoms with Gasteiger partial charge in [0.2, 0.25) is 0 Å². The molecule has 1 fully saturated rings. The first-order valence-corrected chi connectivity index (χ1v) is 2.90. The van der Waals surface area contributed by atoms with Crippen LogP contribution >= 0.6 is 0 Å². The van der Waals surface area contributed by atoms with E-state index in [-0.39, 0.29) is 0 Å². The first-order chi connectivity index (χ1) is 1.89. The molecule has 0 unspecified atom stereocenters. The molecule has 0 aromatic carbocycles. The fraction of sp³-hybridized carbons (Fsp3) is 1.00. The standard InChI is InChI=1S/C3H5Te/c4-3-1-2-3/h3H,1-2H2. The van der Waals surface area contributed by atoms with Crippen molar-refractivity contribution in [3.63, 3.8) is 0 Å². The van der Waals surface area contributed by atoms with Crippen molar-refractivity contribution in [2.24, 2.45) is 0 Å². The van der Waals surface area contributed by atoms with Crippen molar-refractivity contribution >= 4 is 22.3 Å². The third-order valence-electron chi connectivity index (χ3n) is 0.524. The van der Waals surface area contributed by atoms with E-state index >= 15 is 0 Å². The number of hydrogen-bond donors (Lipinski definition) is 0. The Morgan fingerprint density at radius 2 is 1.75 bits per heavy atom. The Bertz CT molecular complexity index is 22.5. The molecule has 0 aromatic rings. The van der Waals surface area contributed by atoms with Crippen LogP contribution in [0.4, 0.5) is 0 Å². The molecule has 0 saturated heterocycles. The van der Waals surface area contributed by atoms with Gasteiger partial charge in [0.05, 0.1) is 0 Å². The molecule has 1 aliphatic rings. The quantitative estimate of drug-likeness (QED) is 0.468. The topological polar surface area (TPSA) is 0 Å². The summed E-state index contributed by atoms with van der Waals surface area (Å²) in [7, 11) is 0. The van der Waals surface area contributed by atoms with Crippen molar-refractivity contribution in [2.45, 2.75) is 16.8 Å². The van der Waals surface area contributed by atoms with Gasteiger partial charge >= 0.3 is 39.1 Å². The number of hydrogen-bond acceptors (Lipinski definition) is 0. The van der Waals surface area contributed by atoms with Gasteiger partial charge in [-0.25, -0.2) is 0 Å². The van der Waals surface area contributed by atoms with Gasteiger partial charge < -0.3 is 0 Å². The monoisotopic (exact) mass is 171 g/mol. The molecule has 1 aliphatic carbocycles. The zero-order chi connectivity index (χ0) is 2.99. The van der Waals surface area contributed by atoms with Crippen LogP contribution in [-0.4, -0.2) is 22.3 Å². The molecule has 0 N–H and O–H groups in total. The summed E-state index contributed by atoms with van der Waals surface area (Å²) in [5.74, 6) is 0. The van der Waals surface area contributed by atoms with Crippen LogP contribution in [0.2, 0.25) is 3.97 Å². The molecule has 23 valence electrons. The molecule has 1 radical (unpaired) electrons. The van der Waals surface area contributed by atoms with E-state index in [4.69, 9.17) is 0 Å². The Morgan fingerprint density at radius 1 is 1.50 bits per heavy atom. The fourth-order valence-corrected chi connectivity index (χ4v) is 0.456. The molecule has 0 heterocycles. The first kappa shape index (κ1) is 3.00. The van der Waals surface area contributed by atoms with Crippen molar-refractivity contribution in [3.05, 3.63) is 0 Å². The van der Waals surface area contributed by atoms with Crippen LogP contribution in [0.15, 0.2) is 0 Å². The molecule has 0 spiro atoms. The van der Waals surface area contributed by atoms with Gasteiger partial charge in [-0.1, -0.05) is 0 Å². The van der Waals surface area contributed by atoms with E-state index in [1.54, 1.807) is 0 Å². The first-order valence-electron chi connectivity index (χ1n) is 1.55. The van der Waals surface area contributed by atoms with Gasteiger partial charge in [-0.15, -0.1) is 0 Å². The Hall–Kier alpha value is 0.790. The second kappa shape index (κ2) is 0.880. The van der Waals surface area contributed by atoms with E-state index in [2.05, 4.69) is 22.3 Å². The molecular formula is C3H5Te. The van der Waals surface area contributed by atoms with Crippen LogP contribution in [0.1, 0.15) is 12.8 Å². The van der Waals surface area contributed by atoms with Gasteiger partial charge in [-0.3, -0.25) is 0 Å². The molecule has 1 rings (SSSR count). The Kier molecular flexibility index (Phi) is 0.659. The van der Waals surface area contributed by atoms with E-state index in [0.29, 0.717) is 0 Å². The zero-order valence-corrected chi connectivity index (χ0v) is 4.73. The molecule has 0 nitrogen and oxygen atoms in total. The summed E-state index contributed by atoms with van der Waals surface area (Å²) in [5, 5.41) is 0. The van der Waals surface area contributed by atoms with Crippen LogP contribution in [0, 0.1) is 0 Å². The number of rotatable bonds is 0. The average molecular weight is 169 g/mol. The summed E-state index contributed by atoms with van der Waals surface area (Å²) < 4.78 is 1.09. The summed E-state index contributed by atoms with van der Waals surface area (Å²) in [4.78, 5) is 0. The molecule has 0 atom stereocenters. The van der Waals surface area contributed by atoms with Gasteiger partial charge in [0, 0.05) is 0 Å². The van der Waals surface area contributed by atoms with E-state index in [0.717, 1.165) is 3.97 Å². The molecular weight excluding hydrogens is 164 g/mol. The molecule has 4 heavy (non-hydrogen) atoms. The average Bonchev–Trinajstić information content (AvgIpc) is 1.75. The Labute approximate surface area is 39.5 Å². The maximum atomic E-state index is 2.22. The van der Waals surface area contributed by atoms with E-state index in [1.165, 1.54) is 12.8 Å². The molecule has 1 saturated carbocycles. The minimum atomic E-state index is 1.09. The van der Waals surface area contributed by atoms with Gasteiger partial charge in [-0.2, -0.15) is 0 Å². The zero-order valence-electron chi connectivity index (χ0n) is 2.40.